The predicted molar refractivity (Wildman–Crippen MR) is 192 cm³/mol. The van der Waals surface area contributed by atoms with Gasteiger partial charge in [-0.2, -0.15) is 4.98 Å². The van der Waals surface area contributed by atoms with Crippen LogP contribution in [-0.2, 0) is 4.57 Å². The van der Waals surface area contributed by atoms with Gasteiger partial charge in [0, 0.05) is 76.6 Å². The second-order valence-electron chi connectivity index (χ2n) is 13.1. The average Bonchev–Trinajstić information content (AvgIpc) is 3.88. The van der Waals surface area contributed by atoms with Crippen molar-refractivity contribution in [2.24, 2.45) is 0 Å². The summed E-state index contributed by atoms with van der Waals surface area (Å²) < 4.78 is 22.6. The third-order valence-corrected chi connectivity index (χ3v) is 11.4. The number of piperazine rings is 1. The Morgan fingerprint density at radius 3 is 2.52 bits per heavy atom. The van der Waals surface area contributed by atoms with E-state index in [2.05, 4.69) is 71.8 Å². The van der Waals surface area contributed by atoms with Gasteiger partial charge in [-0.15, -0.1) is 0 Å². The summed E-state index contributed by atoms with van der Waals surface area (Å²) in [7, 11) is -2.68. The molecule has 1 aromatic heterocycles. The van der Waals surface area contributed by atoms with Crippen molar-refractivity contribution in [2.45, 2.75) is 50.9 Å². The maximum Gasteiger partial charge on any atom is 0.229 e. The quantitative estimate of drug-likeness (QED) is 0.214. The van der Waals surface area contributed by atoms with Crippen LogP contribution in [0.3, 0.4) is 0 Å². The molecule has 1 saturated carbocycles. The number of halogens is 1. The number of fused-ring (bicyclic) bond motifs is 1. The molecule has 1 atom stereocenters. The number of hydrogen-bond donors (Lipinski definition) is 3. The van der Waals surface area contributed by atoms with E-state index in [9.17, 15) is 4.57 Å². The fourth-order valence-corrected chi connectivity index (χ4v) is 8.56. The number of rotatable bonds is 9. The Morgan fingerprint density at radius 2 is 1.78 bits per heavy atom. The molecule has 0 radical (unpaired) electrons. The molecule has 4 aliphatic rings. The average molecular weight is 708 g/mol. The standard InChI is InChI=1S/C34H44BrN8O2P/c1-23-20-28(31(45-26-9-10-26)21-30(23)42-16-12-25(13-17-42)41-18-14-36-15-19-41)38-34-37-22-27(35)33(40-34)39-32-11-8-24-6-4-5-7-29(24)43(32)46(2,3)44/h4-8,11,20-22,25-26,32,36H,9-10,12-19H2,1-3H3,(H2,37,38,39,40). The number of aryl methyl sites for hydroxylation is 1. The molecule has 3 fully saturated rings. The molecule has 3 aromatic rings. The van der Waals surface area contributed by atoms with Crippen molar-refractivity contribution in [3.05, 3.63) is 64.3 Å². The van der Waals surface area contributed by atoms with Gasteiger partial charge in [0.1, 0.15) is 17.7 Å². The molecule has 2 aromatic carbocycles. The minimum Gasteiger partial charge on any atom is -0.488 e. The van der Waals surface area contributed by atoms with Crippen molar-refractivity contribution in [3.63, 3.8) is 0 Å². The summed E-state index contributed by atoms with van der Waals surface area (Å²) in [6.45, 7) is 12.4. The molecule has 0 amide bonds. The van der Waals surface area contributed by atoms with Crippen LogP contribution in [0.4, 0.5) is 28.8 Å². The topological polar surface area (TPSA) is 97.9 Å². The van der Waals surface area contributed by atoms with Crippen LogP contribution in [0.5, 0.6) is 5.75 Å². The highest BCUT2D eigenvalue weighted by molar-refractivity contribution is 9.10. The molecule has 0 spiro atoms. The number of nitrogens with zero attached hydrogens (tertiary/aromatic N) is 5. The van der Waals surface area contributed by atoms with Gasteiger partial charge in [-0.1, -0.05) is 24.3 Å². The molecule has 46 heavy (non-hydrogen) atoms. The van der Waals surface area contributed by atoms with Crippen molar-refractivity contribution in [1.82, 2.24) is 20.2 Å². The highest BCUT2D eigenvalue weighted by Crippen LogP contribution is 2.50. The summed E-state index contributed by atoms with van der Waals surface area (Å²) in [5.41, 5.74) is 5.28. The van der Waals surface area contributed by atoms with Gasteiger partial charge in [0.25, 0.3) is 0 Å². The SMILES string of the molecule is Cc1cc(Nc2ncc(Br)c(NC3C=Cc4ccccc4N3P(C)(C)=O)n2)c(OC2CC2)cc1N1CCC(N2CCNCC2)CC1. The van der Waals surface area contributed by atoms with E-state index in [0.29, 0.717) is 17.8 Å². The summed E-state index contributed by atoms with van der Waals surface area (Å²) >= 11 is 3.63. The van der Waals surface area contributed by atoms with Crippen LogP contribution in [0.1, 0.15) is 36.8 Å². The Balaban J connectivity index is 1.10. The lowest BCUT2D eigenvalue weighted by atomic mass is 10.0. The van der Waals surface area contributed by atoms with E-state index in [1.54, 1.807) is 19.5 Å². The Labute approximate surface area is 280 Å². The summed E-state index contributed by atoms with van der Waals surface area (Å²) in [4.78, 5) is 14.6. The van der Waals surface area contributed by atoms with Gasteiger partial charge in [-0.3, -0.25) is 9.57 Å². The number of benzene rings is 2. The zero-order valence-electron chi connectivity index (χ0n) is 26.9. The molecule has 7 rings (SSSR count). The van der Waals surface area contributed by atoms with Crippen LogP contribution < -0.4 is 30.3 Å². The maximum atomic E-state index is 13.5. The first-order valence-corrected chi connectivity index (χ1v) is 19.8. The molecular weight excluding hydrogens is 663 g/mol. The van der Waals surface area contributed by atoms with Crippen molar-refractivity contribution in [1.29, 1.82) is 0 Å². The summed E-state index contributed by atoms with van der Waals surface area (Å²) in [5.74, 6) is 1.90. The number of anilines is 5. The second-order valence-corrected chi connectivity index (χ2v) is 17.0. The lowest BCUT2D eigenvalue weighted by molar-refractivity contribution is 0.150. The molecule has 244 valence electrons. The van der Waals surface area contributed by atoms with Crippen LogP contribution in [0.2, 0.25) is 0 Å². The van der Waals surface area contributed by atoms with Crippen LogP contribution in [-0.4, -0.2) is 85.8 Å². The summed E-state index contributed by atoms with van der Waals surface area (Å²) in [6, 6.07) is 13.1. The highest BCUT2D eigenvalue weighted by Gasteiger charge is 2.32. The predicted octanol–water partition coefficient (Wildman–Crippen LogP) is 6.52. The van der Waals surface area contributed by atoms with E-state index in [1.165, 1.54) is 24.1 Å². The number of ether oxygens (including phenoxy) is 1. The van der Waals surface area contributed by atoms with E-state index < -0.39 is 7.29 Å². The van der Waals surface area contributed by atoms with Crippen LogP contribution in [0.15, 0.2) is 53.1 Å². The third-order valence-electron chi connectivity index (χ3n) is 9.29. The molecule has 0 bridgehead atoms. The fraction of sp³-hybridized carbons (Fsp3) is 0.471. The first kappa shape index (κ1) is 31.5. The van der Waals surface area contributed by atoms with E-state index in [0.717, 1.165) is 79.3 Å². The van der Waals surface area contributed by atoms with Crippen molar-refractivity contribution in [2.75, 3.05) is 72.8 Å². The Morgan fingerprint density at radius 1 is 1.02 bits per heavy atom. The van der Waals surface area contributed by atoms with E-state index in [-0.39, 0.29) is 12.3 Å². The molecule has 12 heteroatoms. The number of hydrogen-bond acceptors (Lipinski definition) is 9. The van der Waals surface area contributed by atoms with Gasteiger partial charge in [0.2, 0.25) is 5.95 Å². The Hall–Kier alpha value is -3.11. The molecular formula is C34H44BrN8O2P. The molecule has 1 unspecified atom stereocenters. The van der Waals surface area contributed by atoms with Gasteiger partial charge >= 0.3 is 0 Å². The van der Waals surface area contributed by atoms with Gasteiger partial charge in [0.05, 0.1) is 22.0 Å². The number of aromatic nitrogens is 2. The maximum absolute atomic E-state index is 13.5. The summed E-state index contributed by atoms with van der Waals surface area (Å²) in [6.07, 6.45) is 10.3. The highest BCUT2D eigenvalue weighted by atomic mass is 79.9. The number of piperidine rings is 1. The van der Waals surface area contributed by atoms with Gasteiger partial charge in [-0.05, 0) is 77.9 Å². The molecule has 3 N–H and O–H groups in total. The summed E-state index contributed by atoms with van der Waals surface area (Å²) in [5, 5.41) is 10.4. The van der Waals surface area contributed by atoms with E-state index in [1.807, 2.05) is 35.0 Å². The van der Waals surface area contributed by atoms with Gasteiger partial charge in [0.15, 0.2) is 7.29 Å². The fourth-order valence-electron chi connectivity index (χ4n) is 6.82. The third kappa shape index (κ3) is 6.93. The van der Waals surface area contributed by atoms with Gasteiger partial charge < -0.3 is 30.2 Å². The molecule has 10 nitrogen and oxygen atoms in total. The smallest absolute Gasteiger partial charge is 0.229 e. The molecule has 4 heterocycles. The zero-order chi connectivity index (χ0) is 31.8. The van der Waals surface area contributed by atoms with Crippen LogP contribution in [0.25, 0.3) is 6.08 Å². The first-order valence-electron chi connectivity index (χ1n) is 16.4. The molecule has 3 aliphatic heterocycles. The lowest BCUT2D eigenvalue weighted by Crippen LogP contribution is -2.52. The Bertz CT molecular complexity index is 1650. The Kier molecular flexibility index (Phi) is 9.02. The van der Waals surface area contributed by atoms with E-state index in [4.69, 9.17) is 9.72 Å². The van der Waals surface area contributed by atoms with Crippen molar-refractivity contribution >= 4 is 58.1 Å². The number of para-hydroxylation sites is 1. The monoisotopic (exact) mass is 706 g/mol. The minimum absolute atomic E-state index is 0.253. The second kappa shape index (κ2) is 13.2. The normalized spacial score (nSPS) is 20.8. The molecule has 2 saturated heterocycles. The van der Waals surface area contributed by atoms with Crippen molar-refractivity contribution in [3.8, 4) is 5.75 Å². The largest absolute Gasteiger partial charge is 0.488 e. The zero-order valence-corrected chi connectivity index (χ0v) is 29.4. The van der Waals surface area contributed by atoms with Crippen LogP contribution in [0, 0.1) is 6.92 Å². The van der Waals surface area contributed by atoms with Gasteiger partial charge in [-0.25, -0.2) is 4.98 Å². The molecule has 1 aliphatic carbocycles. The van der Waals surface area contributed by atoms with Crippen LogP contribution >= 0.6 is 23.2 Å². The van der Waals surface area contributed by atoms with Crippen molar-refractivity contribution < 1.29 is 9.30 Å². The van der Waals surface area contributed by atoms with E-state index >= 15 is 0 Å². The number of nitrogens with one attached hydrogen (secondary N) is 3. The minimum atomic E-state index is -2.68. The lowest BCUT2D eigenvalue weighted by Gasteiger charge is -2.41. The first-order chi connectivity index (χ1) is 22.2.